The summed E-state index contributed by atoms with van der Waals surface area (Å²) in [6.45, 7) is 7.63. The van der Waals surface area contributed by atoms with E-state index in [1.54, 1.807) is 0 Å². The minimum absolute atomic E-state index is 0.0451. The predicted octanol–water partition coefficient (Wildman–Crippen LogP) is 2.16. The Kier molecular flexibility index (Phi) is 3.59. The summed E-state index contributed by atoms with van der Waals surface area (Å²) < 4.78 is 0. The molecule has 0 bridgehead atoms. The molecule has 1 unspecified atom stereocenters. The van der Waals surface area contributed by atoms with Crippen molar-refractivity contribution in [1.82, 2.24) is 0 Å². The Morgan fingerprint density at radius 1 is 1.36 bits per heavy atom. The SMILES string of the molecule is CC1(C)CCC(C(C)(CN)CO)CC1. The van der Waals surface area contributed by atoms with Gasteiger partial charge in [-0.05, 0) is 37.0 Å². The normalized spacial score (nSPS) is 27.2. The summed E-state index contributed by atoms with van der Waals surface area (Å²) in [6, 6.07) is 0. The van der Waals surface area contributed by atoms with Crippen molar-refractivity contribution in [3.05, 3.63) is 0 Å². The molecule has 0 amide bonds. The van der Waals surface area contributed by atoms with E-state index in [1.165, 1.54) is 25.7 Å². The second-order valence-electron chi connectivity index (χ2n) is 5.95. The van der Waals surface area contributed by atoms with E-state index in [-0.39, 0.29) is 12.0 Å². The molecule has 84 valence electrons. The van der Waals surface area contributed by atoms with Gasteiger partial charge < -0.3 is 10.8 Å². The van der Waals surface area contributed by atoms with Crippen molar-refractivity contribution in [3.8, 4) is 0 Å². The van der Waals surface area contributed by atoms with Crippen molar-refractivity contribution in [2.45, 2.75) is 46.5 Å². The van der Waals surface area contributed by atoms with Crippen LogP contribution in [0.25, 0.3) is 0 Å². The third kappa shape index (κ3) is 2.48. The average Bonchev–Trinajstić information content (AvgIpc) is 2.16. The predicted molar refractivity (Wildman–Crippen MR) is 60.0 cm³/mol. The minimum Gasteiger partial charge on any atom is -0.396 e. The third-order valence-corrected chi connectivity index (χ3v) is 4.15. The third-order valence-electron chi connectivity index (χ3n) is 4.15. The van der Waals surface area contributed by atoms with E-state index in [9.17, 15) is 5.11 Å². The van der Waals surface area contributed by atoms with Crippen LogP contribution in [0.3, 0.4) is 0 Å². The van der Waals surface area contributed by atoms with Gasteiger partial charge >= 0.3 is 0 Å². The first-order chi connectivity index (χ1) is 6.43. The summed E-state index contributed by atoms with van der Waals surface area (Å²) in [4.78, 5) is 0. The van der Waals surface area contributed by atoms with Crippen LogP contribution in [0.1, 0.15) is 46.5 Å². The summed E-state index contributed by atoms with van der Waals surface area (Å²) >= 11 is 0. The Morgan fingerprint density at radius 2 is 1.86 bits per heavy atom. The monoisotopic (exact) mass is 199 g/mol. The molecule has 2 heteroatoms. The maximum Gasteiger partial charge on any atom is 0.0499 e. The van der Waals surface area contributed by atoms with Crippen LogP contribution in [0.4, 0.5) is 0 Å². The lowest BCUT2D eigenvalue weighted by molar-refractivity contribution is 0.0392. The van der Waals surface area contributed by atoms with E-state index >= 15 is 0 Å². The topological polar surface area (TPSA) is 46.2 Å². The summed E-state index contributed by atoms with van der Waals surface area (Å²) in [5.74, 6) is 0.616. The Bertz CT molecular complexity index is 175. The van der Waals surface area contributed by atoms with Crippen molar-refractivity contribution >= 4 is 0 Å². The summed E-state index contributed by atoms with van der Waals surface area (Å²) in [6.07, 6.45) is 4.99. The van der Waals surface area contributed by atoms with Gasteiger partial charge in [-0.3, -0.25) is 0 Å². The molecule has 0 aromatic carbocycles. The van der Waals surface area contributed by atoms with Gasteiger partial charge in [-0.15, -0.1) is 0 Å². The first-order valence-electron chi connectivity index (χ1n) is 5.74. The molecule has 2 nitrogen and oxygen atoms in total. The fourth-order valence-corrected chi connectivity index (χ4v) is 2.46. The molecule has 1 aliphatic carbocycles. The summed E-state index contributed by atoms with van der Waals surface area (Å²) in [5, 5.41) is 9.39. The molecule has 1 rings (SSSR count). The van der Waals surface area contributed by atoms with Crippen molar-refractivity contribution < 1.29 is 5.11 Å². The van der Waals surface area contributed by atoms with Gasteiger partial charge in [0.2, 0.25) is 0 Å². The second kappa shape index (κ2) is 4.19. The van der Waals surface area contributed by atoms with Gasteiger partial charge in [-0.1, -0.05) is 20.8 Å². The van der Waals surface area contributed by atoms with Crippen LogP contribution in [-0.4, -0.2) is 18.3 Å². The van der Waals surface area contributed by atoms with Crippen molar-refractivity contribution in [3.63, 3.8) is 0 Å². The van der Waals surface area contributed by atoms with Crippen LogP contribution in [0, 0.1) is 16.7 Å². The molecule has 0 saturated heterocycles. The smallest absolute Gasteiger partial charge is 0.0499 e. The zero-order valence-corrected chi connectivity index (χ0v) is 9.84. The quantitative estimate of drug-likeness (QED) is 0.731. The van der Waals surface area contributed by atoms with Crippen molar-refractivity contribution in [2.75, 3.05) is 13.2 Å². The fraction of sp³-hybridized carbons (Fsp3) is 1.00. The van der Waals surface area contributed by atoms with Crippen LogP contribution in [0.5, 0.6) is 0 Å². The Balaban J connectivity index is 2.56. The van der Waals surface area contributed by atoms with E-state index in [0.29, 0.717) is 17.9 Å². The van der Waals surface area contributed by atoms with Gasteiger partial charge in [-0.2, -0.15) is 0 Å². The summed E-state index contributed by atoms with van der Waals surface area (Å²) in [5.41, 5.74) is 6.21. The van der Waals surface area contributed by atoms with E-state index in [4.69, 9.17) is 5.73 Å². The summed E-state index contributed by atoms with van der Waals surface area (Å²) in [7, 11) is 0. The van der Waals surface area contributed by atoms with E-state index in [2.05, 4.69) is 20.8 Å². The van der Waals surface area contributed by atoms with Crippen LogP contribution in [0.2, 0.25) is 0 Å². The number of hydrogen-bond donors (Lipinski definition) is 2. The van der Waals surface area contributed by atoms with Crippen LogP contribution < -0.4 is 5.73 Å². The molecular formula is C12H25NO. The maximum absolute atomic E-state index is 9.39. The lowest BCUT2D eigenvalue weighted by Gasteiger charge is -2.42. The molecule has 0 radical (unpaired) electrons. The fourth-order valence-electron chi connectivity index (χ4n) is 2.46. The van der Waals surface area contributed by atoms with Gasteiger partial charge in [0.25, 0.3) is 0 Å². The number of aliphatic hydroxyl groups is 1. The van der Waals surface area contributed by atoms with Crippen LogP contribution in [-0.2, 0) is 0 Å². The molecule has 3 N–H and O–H groups in total. The Labute approximate surface area is 87.9 Å². The molecule has 0 spiro atoms. The largest absolute Gasteiger partial charge is 0.396 e. The van der Waals surface area contributed by atoms with Gasteiger partial charge in [-0.25, -0.2) is 0 Å². The molecule has 1 fully saturated rings. The molecule has 14 heavy (non-hydrogen) atoms. The highest BCUT2D eigenvalue weighted by atomic mass is 16.3. The highest BCUT2D eigenvalue weighted by Crippen LogP contribution is 2.44. The average molecular weight is 199 g/mol. The number of hydrogen-bond acceptors (Lipinski definition) is 2. The number of rotatable bonds is 3. The van der Waals surface area contributed by atoms with Crippen molar-refractivity contribution in [2.24, 2.45) is 22.5 Å². The lowest BCUT2D eigenvalue weighted by Crippen LogP contribution is -2.41. The molecule has 1 atom stereocenters. The van der Waals surface area contributed by atoms with E-state index < -0.39 is 0 Å². The molecule has 1 saturated carbocycles. The zero-order chi connectivity index (χ0) is 10.8. The maximum atomic E-state index is 9.39. The molecule has 1 aliphatic rings. The Morgan fingerprint density at radius 3 is 2.21 bits per heavy atom. The van der Waals surface area contributed by atoms with Crippen molar-refractivity contribution in [1.29, 1.82) is 0 Å². The molecule has 0 aliphatic heterocycles. The second-order valence-corrected chi connectivity index (χ2v) is 5.95. The number of aliphatic hydroxyl groups excluding tert-OH is 1. The standard InChI is InChI=1S/C12H25NO/c1-11(2)6-4-10(5-7-11)12(3,8-13)9-14/h10,14H,4-9,13H2,1-3H3. The lowest BCUT2D eigenvalue weighted by atomic mass is 9.64. The highest BCUT2D eigenvalue weighted by molar-refractivity contribution is 4.88. The van der Waals surface area contributed by atoms with Gasteiger partial charge in [0.15, 0.2) is 0 Å². The van der Waals surface area contributed by atoms with E-state index in [1.807, 2.05) is 0 Å². The molecule has 0 aromatic rings. The minimum atomic E-state index is -0.0451. The van der Waals surface area contributed by atoms with Crippen LogP contribution in [0.15, 0.2) is 0 Å². The van der Waals surface area contributed by atoms with Gasteiger partial charge in [0.1, 0.15) is 0 Å². The van der Waals surface area contributed by atoms with Crippen LogP contribution >= 0.6 is 0 Å². The first kappa shape index (κ1) is 12.0. The molecular weight excluding hydrogens is 174 g/mol. The number of nitrogens with two attached hydrogens (primary N) is 1. The molecule has 0 aromatic heterocycles. The molecule has 0 heterocycles. The Hall–Kier alpha value is -0.0800. The highest BCUT2D eigenvalue weighted by Gasteiger charge is 2.37. The van der Waals surface area contributed by atoms with Gasteiger partial charge in [0, 0.05) is 18.6 Å². The van der Waals surface area contributed by atoms with E-state index in [0.717, 1.165) is 0 Å². The zero-order valence-electron chi connectivity index (χ0n) is 9.84. The first-order valence-corrected chi connectivity index (χ1v) is 5.74. The van der Waals surface area contributed by atoms with Gasteiger partial charge in [0.05, 0.1) is 0 Å².